The fourth-order valence-electron chi connectivity index (χ4n) is 6.39. The molecule has 0 aliphatic carbocycles. The number of fused-ring (bicyclic) bond motifs is 1. The van der Waals surface area contributed by atoms with Crippen LogP contribution in [-0.2, 0) is 26.2 Å². The van der Waals surface area contributed by atoms with Crippen LogP contribution in [0, 0.1) is 11.6 Å². The van der Waals surface area contributed by atoms with Crippen LogP contribution >= 0.6 is 11.6 Å². The molecule has 0 bridgehead atoms. The largest absolute Gasteiger partial charge is 0.488 e. The first-order chi connectivity index (χ1) is 21.7. The molecule has 3 aromatic carbocycles. The lowest BCUT2D eigenvalue weighted by atomic mass is 9.76. The lowest BCUT2D eigenvalue weighted by Gasteiger charge is -2.49. The highest BCUT2D eigenvalue weighted by Crippen LogP contribution is 2.54. The average Bonchev–Trinajstić information content (AvgIpc) is 3.39. The zero-order valence-electron chi connectivity index (χ0n) is 24.5. The maximum Gasteiger partial charge on any atom is 0.407 e. The Bertz CT molecular complexity index is 1600. The van der Waals surface area contributed by atoms with Crippen molar-refractivity contribution in [2.75, 3.05) is 33.5 Å². The summed E-state index contributed by atoms with van der Waals surface area (Å²) in [6.07, 6.45) is 1.76. The second-order valence-corrected chi connectivity index (χ2v) is 11.5. The Labute approximate surface area is 263 Å². The van der Waals surface area contributed by atoms with E-state index in [2.05, 4.69) is 0 Å². The molecule has 3 aromatic rings. The first-order valence-corrected chi connectivity index (χ1v) is 15.1. The van der Waals surface area contributed by atoms with Crippen molar-refractivity contribution in [3.05, 3.63) is 81.9 Å². The Morgan fingerprint density at radius 2 is 1.89 bits per heavy atom. The van der Waals surface area contributed by atoms with Gasteiger partial charge in [-0.1, -0.05) is 41.9 Å². The summed E-state index contributed by atoms with van der Waals surface area (Å²) in [4.78, 5) is 26.3. The fourth-order valence-corrected chi connectivity index (χ4v) is 6.65. The number of nitrogens with zero attached hydrogens (tertiary/aromatic N) is 1. The van der Waals surface area contributed by atoms with Crippen molar-refractivity contribution in [1.29, 1.82) is 0 Å². The number of likely N-dealkylation sites (tertiary alicyclic amines) is 1. The number of carboxylic acid groups (broad SMARTS) is 1. The molecule has 3 heterocycles. The van der Waals surface area contributed by atoms with Crippen molar-refractivity contribution >= 4 is 23.7 Å². The number of carbonyl (C=O) groups excluding carboxylic acids is 1. The van der Waals surface area contributed by atoms with Gasteiger partial charge in [-0.05, 0) is 43.4 Å². The highest BCUT2D eigenvalue weighted by atomic mass is 35.5. The second kappa shape index (κ2) is 12.8. The average molecular weight is 644 g/mol. The molecule has 0 radical (unpaired) electrons. The number of benzene rings is 3. The molecule has 3 aliphatic heterocycles. The minimum absolute atomic E-state index is 0.0181. The quantitative estimate of drug-likeness (QED) is 0.206. The highest BCUT2D eigenvalue weighted by Gasteiger charge is 2.55. The van der Waals surface area contributed by atoms with E-state index in [1.165, 1.54) is 17.0 Å². The standard InChI is InChI=1S/C33H32ClF2NO8/c1-41-31(38)20-10-11-23(42-15-16-44-26-9-5-6-14-43-26)30(36)28(20)27-21-18-33(19-7-3-2-4-8-19,25-12-13-37(25)32(39)40)45-24(21)17-22(35)29(27)34/h2-4,7-8,10-11,17,25-26H,5-6,9,12-16,18H2,1H3,(H,39,40)/t25?,26?,33-/m0/s1. The maximum absolute atomic E-state index is 16.5. The van der Waals surface area contributed by atoms with E-state index in [9.17, 15) is 14.7 Å². The molecule has 238 valence electrons. The molecule has 2 saturated heterocycles. The van der Waals surface area contributed by atoms with Crippen LogP contribution in [0.1, 0.15) is 47.2 Å². The third-order valence-electron chi connectivity index (χ3n) is 8.63. The molecule has 0 aromatic heterocycles. The fraction of sp³-hybridized carbons (Fsp3) is 0.394. The van der Waals surface area contributed by atoms with Gasteiger partial charge in [-0.25, -0.2) is 18.4 Å². The monoisotopic (exact) mass is 643 g/mol. The van der Waals surface area contributed by atoms with E-state index >= 15 is 8.78 Å². The van der Waals surface area contributed by atoms with Crippen LogP contribution in [0.5, 0.6) is 11.5 Å². The van der Waals surface area contributed by atoms with Gasteiger partial charge in [0.15, 0.2) is 23.5 Å². The number of halogens is 3. The summed E-state index contributed by atoms with van der Waals surface area (Å²) in [6.45, 7) is 1.02. The predicted octanol–water partition coefficient (Wildman–Crippen LogP) is 6.58. The molecule has 12 heteroatoms. The van der Waals surface area contributed by atoms with Gasteiger partial charge >= 0.3 is 12.1 Å². The summed E-state index contributed by atoms with van der Waals surface area (Å²) in [5.41, 5.74) is -0.889. The third kappa shape index (κ3) is 5.69. The normalized spacial score (nSPS) is 22.3. The molecule has 0 saturated carbocycles. The summed E-state index contributed by atoms with van der Waals surface area (Å²) in [7, 11) is 1.15. The van der Waals surface area contributed by atoms with Crippen molar-refractivity contribution in [1.82, 2.24) is 4.90 Å². The van der Waals surface area contributed by atoms with E-state index in [4.69, 9.17) is 35.3 Å². The molecule has 3 atom stereocenters. The molecule has 2 unspecified atom stereocenters. The first kappa shape index (κ1) is 31.1. The first-order valence-electron chi connectivity index (χ1n) is 14.8. The molecule has 9 nitrogen and oxygen atoms in total. The van der Waals surface area contributed by atoms with Crippen molar-refractivity contribution in [3.63, 3.8) is 0 Å². The molecular formula is C33H32ClF2NO8. The van der Waals surface area contributed by atoms with Gasteiger partial charge in [0.05, 0.1) is 30.3 Å². The van der Waals surface area contributed by atoms with E-state index in [0.717, 1.165) is 32.4 Å². The highest BCUT2D eigenvalue weighted by molar-refractivity contribution is 6.34. The van der Waals surface area contributed by atoms with Crippen LogP contribution in [0.3, 0.4) is 0 Å². The Balaban J connectivity index is 1.42. The number of amides is 1. The Morgan fingerprint density at radius 1 is 1.09 bits per heavy atom. The van der Waals surface area contributed by atoms with E-state index in [1.807, 2.05) is 6.07 Å². The number of ether oxygens (including phenoxy) is 5. The lowest BCUT2D eigenvalue weighted by Crippen LogP contribution is -2.62. The van der Waals surface area contributed by atoms with Crippen molar-refractivity contribution in [3.8, 4) is 22.6 Å². The Morgan fingerprint density at radius 3 is 2.56 bits per heavy atom. The zero-order valence-corrected chi connectivity index (χ0v) is 25.3. The number of esters is 1. The number of carbonyl (C=O) groups is 2. The number of rotatable bonds is 9. The van der Waals surface area contributed by atoms with Crippen LogP contribution in [0.2, 0.25) is 5.02 Å². The number of hydrogen-bond donors (Lipinski definition) is 1. The Kier molecular flexibility index (Phi) is 8.85. The third-order valence-corrected chi connectivity index (χ3v) is 9.00. The van der Waals surface area contributed by atoms with Gasteiger partial charge in [-0.2, -0.15) is 0 Å². The molecular weight excluding hydrogens is 612 g/mol. The molecule has 2 fully saturated rings. The predicted molar refractivity (Wildman–Crippen MR) is 159 cm³/mol. The van der Waals surface area contributed by atoms with E-state index in [0.29, 0.717) is 30.7 Å². The van der Waals surface area contributed by atoms with Crippen molar-refractivity contribution < 1.29 is 47.2 Å². The van der Waals surface area contributed by atoms with Crippen molar-refractivity contribution in [2.45, 2.75) is 50.0 Å². The lowest BCUT2D eigenvalue weighted by molar-refractivity contribution is -0.165. The van der Waals surface area contributed by atoms with Gasteiger partial charge < -0.3 is 33.7 Å². The topological polar surface area (TPSA) is 104 Å². The van der Waals surface area contributed by atoms with E-state index in [1.54, 1.807) is 24.3 Å². The van der Waals surface area contributed by atoms with E-state index < -0.39 is 40.4 Å². The SMILES string of the molecule is COC(=O)c1ccc(OCCOC2CCCCO2)c(F)c1-c1c(Cl)c(F)cc2c1C[C@](c1ccccc1)(C1CCN1C(=O)O)O2. The van der Waals surface area contributed by atoms with Gasteiger partial charge in [0.25, 0.3) is 0 Å². The number of hydrogen-bond acceptors (Lipinski definition) is 7. The minimum atomic E-state index is -1.26. The van der Waals surface area contributed by atoms with Crippen LogP contribution in [0.4, 0.5) is 13.6 Å². The molecule has 3 aliphatic rings. The van der Waals surface area contributed by atoms with Crippen LogP contribution < -0.4 is 9.47 Å². The Hall–Kier alpha value is -3.93. The van der Waals surface area contributed by atoms with Gasteiger partial charge in [-0.3, -0.25) is 0 Å². The second-order valence-electron chi connectivity index (χ2n) is 11.1. The van der Waals surface area contributed by atoms with E-state index in [-0.39, 0.29) is 54.1 Å². The van der Waals surface area contributed by atoms with Gasteiger partial charge in [0.1, 0.15) is 18.2 Å². The summed E-state index contributed by atoms with van der Waals surface area (Å²) < 4.78 is 60.4. The number of methoxy groups -OCH3 is 1. The summed E-state index contributed by atoms with van der Waals surface area (Å²) in [5.74, 6) is -2.86. The molecule has 45 heavy (non-hydrogen) atoms. The van der Waals surface area contributed by atoms with Gasteiger partial charge in [-0.15, -0.1) is 0 Å². The smallest absolute Gasteiger partial charge is 0.407 e. The zero-order chi connectivity index (χ0) is 31.7. The summed E-state index contributed by atoms with van der Waals surface area (Å²) in [5, 5.41) is 9.45. The summed E-state index contributed by atoms with van der Waals surface area (Å²) in [6, 6.07) is 12.1. The molecule has 1 N–H and O–H groups in total. The van der Waals surface area contributed by atoms with Crippen LogP contribution in [0.15, 0.2) is 48.5 Å². The maximum atomic E-state index is 16.5. The molecule has 1 amide bonds. The van der Waals surface area contributed by atoms with Crippen LogP contribution in [0.25, 0.3) is 11.1 Å². The van der Waals surface area contributed by atoms with Crippen LogP contribution in [-0.4, -0.2) is 67.9 Å². The van der Waals surface area contributed by atoms with Gasteiger partial charge in [0, 0.05) is 42.3 Å². The van der Waals surface area contributed by atoms with Crippen molar-refractivity contribution in [2.24, 2.45) is 0 Å². The van der Waals surface area contributed by atoms with Gasteiger partial charge in [0.2, 0.25) is 0 Å². The molecule has 0 spiro atoms. The molecule has 6 rings (SSSR count). The minimum Gasteiger partial charge on any atom is -0.488 e. The summed E-state index contributed by atoms with van der Waals surface area (Å²) >= 11 is 6.59.